The van der Waals surface area contributed by atoms with Crippen LogP contribution in [0.5, 0.6) is 0 Å². The summed E-state index contributed by atoms with van der Waals surface area (Å²) in [5, 5.41) is 9.76. The van der Waals surface area contributed by atoms with Crippen LogP contribution in [-0.2, 0) is 19.2 Å². The van der Waals surface area contributed by atoms with E-state index in [-0.39, 0.29) is 11.9 Å². The highest BCUT2D eigenvalue weighted by Crippen LogP contribution is 2.32. The average molecular weight is 511 g/mol. The summed E-state index contributed by atoms with van der Waals surface area (Å²) in [6.45, 7) is 3.03. The van der Waals surface area contributed by atoms with Crippen LogP contribution in [0.4, 0.5) is 0 Å². The van der Waals surface area contributed by atoms with Crippen LogP contribution in [-0.4, -0.2) is 36.6 Å². The number of hydrogen-bond donors (Lipinski definition) is 1. The number of rotatable bonds is 21. The van der Waals surface area contributed by atoms with Crippen LogP contribution in [0.1, 0.15) is 155 Å². The standard InChI is InChI=1S/C31H58O5/c1-2-3-4-5-6-7-8-9-10-11-18-23-29(30(36-33)26-27-19-14-12-15-20-27)31(32)35-25-24-34-28-21-16-13-17-22-28/h27-30,33H,2-26H2,1H3. The minimum absolute atomic E-state index is 0.218. The molecule has 1 N–H and O–H groups in total. The molecule has 0 amide bonds. The molecule has 2 fully saturated rings. The Morgan fingerprint density at radius 3 is 1.89 bits per heavy atom. The van der Waals surface area contributed by atoms with Crippen LogP contribution >= 0.6 is 0 Å². The van der Waals surface area contributed by atoms with Crippen LogP contribution in [0.15, 0.2) is 0 Å². The predicted molar refractivity (Wildman–Crippen MR) is 147 cm³/mol. The molecule has 0 saturated heterocycles. The molecule has 36 heavy (non-hydrogen) atoms. The number of carbonyl (C=O) groups is 1. The van der Waals surface area contributed by atoms with E-state index in [4.69, 9.17) is 14.4 Å². The quantitative estimate of drug-likeness (QED) is 0.0722. The Kier molecular flexibility index (Phi) is 18.7. The van der Waals surface area contributed by atoms with Crippen LogP contribution in [0.2, 0.25) is 0 Å². The zero-order chi connectivity index (χ0) is 25.7. The second kappa shape index (κ2) is 21.3. The normalized spacial score (nSPS) is 19.3. The molecule has 2 aliphatic rings. The zero-order valence-corrected chi connectivity index (χ0v) is 23.6. The lowest BCUT2D eigenvalue weighted by atomic mass is 9.81. The van der Waals surface area contributed by atoms with Gasteiger partial charge in [-0.1, -0.05) is 129 Å². The summed E-state index contributed by atoms with van der Waals surface area (Å²) >= 11 is 0. The maximum absolute atomic E-state index is 13.1. The van der Waals surface area contributed by atoms with Crippen molar-refractivity contribution in [2.24, 2.45) is 11.8 Å². The number of carbonyl (C=O) groups excluding carboxylic acids is 1. The van der Waals surface area contributed by atoms with Crippen molar-refractivity contribution in [1.82, 2.24) is 0 Å². The van der Waals surface area contributed by atoms with Crippen molar-refractivity contribution in [2.75, 3.05) is 13.2 Å². The van der Waals surface area contributed by atoms with Crippen LogP contribution in [0.25, 0.3) is 0 Å². The summed E-state index contributed by atoms with van der Waals surface area (Å²) < 4.78 is 11.6. The van der Waals surface area contributed by atoms with Gasteiger partial charge in [-0.05, 0) is 31.6 Å². The number of esters is 1. The molecule has 5 heteroatoms. The first-order valence-corrected chi connectivity index (χ1v) is 15.8. The number of hydrogen-bond acceptors (Lipinski definition) is 5. The third-order valence-electron chi connectivity index (χ3n) is 8.53. The van der Waals surface area contributed by atoms with E-state index in [2.05, 4.69) is 6.92 Å². The fourth-order valence-corrected chi connectivity index (χ4v) is 6.21. The molecule has 0 spiro atoms. The van der Waals surface area contributed by atoms with Crippen molar-refractivity contribution in [3.8, 4) is 0 Å². The number of ether oxygens (including phenoxy) is 2. The molecule has 0 aromatic carbocycles. The number of unbranched alkanes of at least 4 members (excludes halogenated alkanes) is 10. The molecule has 5 nitrogen and oxygen atoms in total. The van der Waals surface area contributed by atoms with E-state index in [0.717, 1.165) is 38.5 Å². The van der Waals surface area contributed by atoms with E-state index in [1.54, 1.807) is 0 Å². The van der Waals surface area contributed by atoms with E-state index >= 15 is 0 Å². The minimum Gasteiger partial charge on any atom is -0.463 e. The van der Waals surface area contributed by atoms with Crippen LogP contribution < -0.4 is 0 Å². The van der Waals surface area contributed by atoms with Crippen molar-refractivity contribution >= 4 is 5.97 Å². The van der Waals surface area contributed by atoms with E-state index in [9.17, 15) is 10.1 Å². The van der Waals surface area contributed by atoms with Crippen LogP contribution in [0, 0.1) is 11.8 Å². The zero-order valence-electron chi connectivity index (χ0n) is 23.6. The lowest BCUT2D eigenvalue weighted by Crippen LogP contribution is -2.34. The molecule has 0 aromatic heterocycles. The molecule has 2 atom stereocenters. The highest BCUT2D eigenvalue weighted by molar-refractivity contribution is 5.73. The van der Waals surface area contributed by atoms with Gasteiger partial charge in [0.05, 0.1) is 18.6 Å². The van der Waals surface area contributed by atoms with E-state index in [1.165, 1.54) is 109 Å². The van der Waals surface area contributed by atoms with Gasteiger partial charge in [0, 0.05) is 0 Å². The lowest BCUT2D eigenvalue weighted by Gasteiger charge is -2.29. The van der Waals surface area contributed by atoms with Gasteiger partial charge in [-0.15, -0.1) is 0 Å². The summed E-state index contributed by atoms with van der Waals surface area (Å²) in [4.78, 5) is 18.0. The van der Waals surface area contributed by atoms with Gasteiger partial charge in [0.1, 0.15) is 12.7 Å². The molecule has 0 bridgehead atoms. The summed E-state index contributed by atoms with van der Waals surface area (Å²) in [5.41, 5.74) is 0. The van der Waals surface area contributed by atoms with Crippen molar-refractivity contribution in [2.45, 2.75) is 167 Å². The molecular weight excluding hydrogens is 452 g/mol. The fraction of sp³-hybridized carbons (Fsp3) is 0.968. The molecule has 0 aliphatic heterocycles. The third-order valence-corrected chi connectivity index (χ3v) is 8.53. The minimum atomic E-state index is -0.456. The molecule has 0 aromatic rings. The summed E-state index contributed by atoms with van der Waals surface area (Å²) in [6.07, 6.45) is 27.6. The first-order chi connectivity index (χ1) is 17.7. The molecule has 0 heterocycles. The highest BCUT2D eigenvalue weighted by Gasteiger charge is 2.33. The van der Waals surface area contributed by atoms with E-state index in [0.29, 0.717) is 25.2 Å². The SMILES string of the molecule is CCCCCCCCCCCCCC(C(=O)OCCOC1CCCCC1)C(CC1CCCCC1)OO. The molecule has 0 radical (unpaired) electrons. The topological polar surface area (TPSA) is 65.0 Å². The van der Waals surface area contributed by atoms with Gasteiger partial charge >= 0.3 is 5.97 Å². The third kappa shape index (κ3) is 14.3. The van der Waals surface area contributed by atoms with Crippen molar-refractivity contribution in [3.63, 3.8) is 0 Å². The van der Waals surface area contributed by atoms with Gasteiger partial charge in [0.2, 0.25) is 0 Å². The van der Waals surface area contributed by atoms with E-state index < -0.39 is 6.10 Å². The molecule has 2 rings (SSSR count). The largest absolute Gasteiger partial charge is 0.463 e. The lowest BCUT2D eigenvalue weighted by molar-refractivity contribution is -0.294. The predicted octanol–water partition coefficient (Wildman–Crippen LogP) is 9.02. The Balaban J connectivity index is 1.70. The first-order valence-electron chi connectivity index (χ1n) is 15.8. The van der Waals surface area contributed by atoms with Crippen LogP contribution in [0.3, 0.4) is 0 Å². The maximum Gasteiger partial charge on any atom is 0.311 e. The fourth-order valence-electron chi connectivity index (χ4n) is 6.21. The van der Waals surface area contributed by atoms with Gasteiger partial charge in [0.25, 0.3) is 0 Å². The first kappa shape index (κ1) is 31.6. The Morgan fingerprint density at radius 1 is 0.750 bits per heavy atom. The summed E-state index contributed by atoms with van der Waals surface area (Å²) in [5.74, 6) is -0.0625. The van der Waals surface area contributed by atoms with Gasteiger partial charge < -0.3 is 9.47 Å². The molecular formula is C31H58O5. The Labute approximate surface area is 222 Å². The second-order valence-corrected chi connectivity index (χ2v) is 11.6. The van der Waals surface area contributed by atoms with Crippen molar-refractivity contribution in [1.29, 1.82) is 0 Å². The second-order valence-electron chi connectivity index (χ2n) is 11.6. The smallest absolute Gasteiger partial charge is 0.311 e. The Morgan fingerprint density at radius 2 is 1.31 bits per heavy atom. The molecule has 2 saturated carbocycles. The molecule has 2 aliphatic carbocycles. The van der Waals surface area contributed by atoms with Crippen molar-refractivity contribution in [3.05, 3.63) is 0 Å². The van der Waals surface area contributed by atoms with Gasteiger partial charge in [-0.2, -0.15) is 0 Å². The van der Waals surface area contributed by atoms with E-state index in [1.807, 2.05) is 0 Å². The van der Waals surface area contributed by atoms with Gasteiger partial charge in [-0.25, -0.2) is 4.89 Å². The Hall–Kier alpha value is -0.650. The summed E-state index contributed by atoms with van der Waals surface area (Å²) in [7, 11) is 0. The molecule has 2 unspecified atom stereocenters. The van der Waals surface area contributed by atoms with Gasteiger partial charge in [-0.3, -0.25) is 10.1 Å². The van der Waals surface area contributed by atoms with Gasteiger partial charge in [0.15, 0.2) is 0 Å². The molecule has 212 valence electrons. The average Bonchev–Trinajstić information content (AvgIpc) is 2.92. The van der Waals surface area contributed by atoms with Crippen molar-refractivity contribution < 1.29 is 24.4 Å². The maximum atomic E-state index is 13.1. The summed E-state index contributed by atoms with van der Waals surface area (Å²) in [6, 6.07) is 0. The Bertz CT molecular complexity index is 513. The monoisotopic (exact) mass is 510 g/mol. The highest BCUT2D eigenvalue weighted by atomic mass is 17.1.